The Labute approximate surface area is 275 Å². The molecule has 1 N–H and O–H groups in total. The molecule has 45 heavy (non-hydrogen) atoms. The van der Waals surface area contributed by atoms with Crippen molar-refractivity contribution in [2.45, 2.75) is 57.1 Å². The molecule has 0 saturated heterocycles. The number of carbonyl (C=O) groups excluding carboxylic acids is 2. The first kappa shape index (κ1) is 34.0. The minimum atomic E-state index is -4.26. The summed E-state index contributed by atoms with van der Waals surface area (Å²) in [6, 6.07) is 28.1. The van der Waals surface area contributed by atoms with Crippen LogP contribution in [0, 0.1) is 6.92 Å². The zero-order valence-electron chi connectivity index (χ0n) is 25.5. The van der Waals surface area contributed by atoms with Crippen LogP contribution in [-0.4, -0.2) is 43.8 Å². The smallest absolute Gasteiger partial charge is 0.264 e. The van der Waals surface area contributed by atoms with Crippen molar-refractivity contribution < 1.29 is 18.0 Å². The van der Waals surface area contributed by atoms with Crippen LogP contribution < -0.4 is 9.62 Å². The Balaban J connectivity index is 1.82. The van der Waals surface area contributed by atoms with E-state index in [9.17, 15) is 18.0 Å². The summed E-state index contributed by atoms with van der Waals surface area (Å²) in [6.45, 7) is 5.34. The van der Waals surface area contributed by atoms with Crippen LogP contribution in [0.3, 0.4) is 0 Å². The van der Waals surface area contributed by atoms with Gasteiger partial charge in [0, 0.05) is 29.1 Å². The molecule has 0 fully saturated rings. The molecule has 4 aromatic carbocycles. The molecular weight excluding hydrogens is 629 g/mol. The minimum Gasteiger partial charge on any atom is -0.352 e. The summed E-state index contributed by atoms with van der Waals surface area (Å²) in [4.78, 5) is 29.9. The number of carbonyl (C=O) groups is 2. The third kappa shape index (κ3) is 8.87. The van der Waals surface area contributed by atoms with E-state index < -0.39 is 28.5 Å². The lowest BCUT2D eigenvalue weighted by molar-refractivity contribution is -0.140. The van der Waals surface area contributed by atoms with Gasteiger partial charge in [-0.1, -0.05) is 90.8 Å². The second-order valence-corrected chi connectivity index (χ2v) is 13.7. The van der Waals surface area contributed by atoms with E-state index in [0.29, 0.717) is 16.5 Å². The first-order valence-electron chi connectivity index (χ1n) is 14.7. The average Bonchev–Trinajstić information content (AvgIpc) is 3.02. The maximum atomic E-state index is 14.5. The van der Waals surface area contributed by atoms with Crippen molar-refractivity contribution in [1.82, 2.24) is 10.2 Å². The zero-order valence-corrected chi connectivity index (χ0v) is 27.8. The number of amides is 2. The molecule has 0 aromatic heterocycles. The number of halogens is 2. The van der Waals surface area contributed by atoms with Crippen molar-refractivity contribution in [3.05, 3.63) is 130 Å². The second kappa shape index (κ2) is 15.4. The summed E-state index contributed by atoms with van der Waals surface area (Å²) in [5, 5.41) is 3.73. The molecular formula is C35H37Cl2N3O4S. The summed E-state index contributed by atoms with van der Waals surface area (Å²) in [5.74, 6) is -0.860. The monoisotopic (exact) mass is 665 g/mol. The third-order valence-electron chi connectivity index (χ3n) is 7.65. The van der Waals surface area contributed by atoms with E-state index in [1.807, 2.05) is 75.4 Å². The van der Waals surface area contributed by atoms with Crippen LogP contribution in [0.2, 0.25) is 10.0 Å². The van der Waals surface area contributed by atoms with Crippen molar-refractivity contribution in [2.24, 2.45) is 0 Å². The molecule has 10 heteroatoms. The highest BCUT2D eigenvalue weighted by atomic mass is 35.5. The topological polar surface area (TPSA) is 86.8 Å². The molecule has 2 amide bonds. The van der Waals surface area contributed by atoms with Crippen LogP contribution in [0.15, 0.2) is 108 Å². The van der Waals surface area contributed by atoms with Gasteiger partial charge in [0.05, 0.1) is 10.6 Å². The van der Waals surface area contributed by atoms with Crippen molar-refractivity contribution in [2.75, 3.05) is 10.8 Å². The molecule has 2 atom stereocenters. The molecule has 0 saturated carbocycles. The molecule has 0 radical (unpaired) electrons. The van der Waals surface area contributed by atoms with E-state index in [2.05, 4.69) is 5.32 Å². The van der Waals surface area contributed by atoms with Crippen LogP contribution in [0.25, 0.3) is 0 Å². The largest absolute Gasteiger partial charge is 0.352 e. The first-order chi connectivity index (χ1) is 21.5. The molecule has 4 rings (SSSR count). The minimum absolute atomic E-state index is 0.0412. The van der Waals surface area contributed by atoms with Gasteiger partial charge < -0.3 is 10.2 Å². The molecule has 0 unspecified atom stereocenters. The molecule has 0 heterocycles. The molecule has 0 spiro atoms. The van der Waals surface area contributed by atoms with Gasteiger partial charge in [-0.3, -0.25) is 13.9 Å². The highest BCUT2D eigenvalue weighted by Crippen LogP contribution is 2.28. The molecule has 0 aliphatic heterocycles. The normalized spacial score (nSPS) is 12.6. The van der Waals surface area contributed by atoms with E-state index in [4.69, 9.17) is 23.2 Å². The quantitative estimate of drug-likeness (QED) is 0.166. The van der Waals surface area contributed by atoms with Gasteiger partial charge in [-0.25, -0.2) is 8.42 Å². The lowest BCUT2D eigenvalue weighted by Crippen LogP contribution is -2.54. The molecule has 0 aliphatic rings. The number of hydrogen-bond donors (Lipinski definition) is 1. The summed E-state index contributed by atoms with van der Waals surface area (Å²) >= 11 is 12.3. The van der Waals surface area contributed by atoms with Gasteiger partial charge in [0.15, 0.2) is 0 Å². The molecule has 236 valence electrons. The Hall–Kier alpha value is -3.85. The molecule has 4 aromatic rings. The number of nitrogens with one attached hydrogen (secondary N) is 1. The summed E-state index contributed by atoms with van der Waals surface area (Å²) in [5.41, 5.74) is 2.86. The van der Waals surface area contributed by atoms with Gasteiger partial charge in [-0.05, 0) is 79.4 Å². The van der Waals surface area contributed by atoms with E-state index in [0.717, 1.165) is 21.0 Å². The third-order valence-corrected chi connectivity index (χ3v) is 9.93. The predicted molar refractivity (Wildman–Crippen MR) is 181 cm³/mol. The highest BCUT2D eigenvalue weighted by molar-refractivity contribution is 7.92. The van der Waals surface area contributed by atoms with Gasteiger partial charge in [-0.2, -0.15) is 0 Å². The Kier molecular flexibility index (Phi) is 11.7. The zero-order chi connectivity index (χ0) is 32.6. The number of anilines is 1. The highest BCUT2D eigenvalue weighted by Gasteiger charge is 2.35. The van der Waals surface area contributed by atoms with Crippen molar-refractivity contribution in [1.29, 1.82) is 0 Å². The summed E-state index contributed by atoms with van der Waals surface area (Å²) in [6.07, 6.45) is 0.944. The fourth-order valence-corrected chi connectivity index (χ4v) is 6.58. The molecule has 7 nitrogen and oxygen atoms in total. The van der Waals surface area contributed by atoms with Crippen molar-refractivity contribution >= 4 is 50.7 Å². The molecule has 0 bridgehead atoms. The number of aryl methyl sites for hydroxylation is 1. The van der Waals surface area contributed by atoms with E-state index in [-0.39, 0.29) is 35.5 Å². The van der Waals surface area contributed by atoms with Gasteiger partial charge in [0.25, 0.3) is 10.0 Å². The van der Waals surface area contributed by atoms with Gasteiger partial charge in [-0.15, -0.1) is 0 Å². The van der Waals surface area contributed by atoms with E-state index >= 15 is 0 Å². The first-order valence-corrected chi connectivity index (χ1v) is 16.9. The number of nitrogens with zero attached hydrogens (tertiary/aromatic N) is 2. The summed E-state index contributed by atoms with van der Waals surface area (Å²) in [7, 11) is -4.26. The number of benzene rings is 4. The van der Waals surface area contributed by atoms with E-state index in [1.54, 1.807) is 18.2 Å². The maximum Gasteiger partial charge on any atom is 0.264 e. The fourth-order valence-electron chi connectivity index (χ4n) is 4.86. The van der Waals surface area contributed by atoms with Gasteiger partial charge in [0.1, 0.15) is 12.6 Å². The van der Waals surface area contributed by atoms with Crippen LogP contribution in [-0.2, 0) is 32.6 Å². The Morgan fingerprint density at radius 3 is 2.16 bits per heavy atom. The van der Waals surface area contributed by atoms with Crippen LogP contribution in [0.1, 0.15) is 37.0 Å². The van der Waals surface area contributed by atoms with Crippen LogP contribution in [0.4, 0.5) is 5.69 Å². The number of rotatable bonds is 13. The fraction of sp³-hybridized carbons (Fsp3) is 0.257. The summed E-state index contributed by atoms with van der Waals surface area (Å²) < 4.78 is 29.2. The Bertz CT molecular complexity index is 1720. The lowest BCUT2D eigenvalue weighted by atomic mass is 10.0. The SMILES string of the molecule is CC[C@H](C)NC(=O)[C@H](Cc1ccccc1)N(Cc1ccccc1C)C(=O)CN(c1cccc(Cl)c1)S(=O)(=O)c1ccc(Cl)cc1. The van der Waals surface area contributed by atoms with Crippen molar-refractivity contribution in [3.63, 3.8) is 0 Å². The lowest BCUT2D eigenvalue weighted by Gasteiger charge is -2.34. The van der Waals surface area contributed by atoms with Gasteiger partial charge in [0.2, 0.25) is 11.8 Å². The van der Waals surface area contributed by atoms with Crippen LogP contribution in [0.5, 0.6) is 0 Å². The number of hydrogen-bond acceptors (Lipinski definition) is 4. The Morgan fingerprint density at radius 2 is 1.51 bits per heavy atom. The number of sulfonamides is 1. The predicted octanol–water partition coefficient (Wildman–Crippen LogP) is 7.05. The van der Waals surface area contributed by atoms with Crippen molar-refractivity contribution in [3.8, 4) is 0 Å². The van der Waals surface area contributed by atoms with Crippen LogP contribution >= 0.6 is 23.2 Å². The van der Waals surface area contributed by atoms with Gasteiger partial charge >= 0.3 is 0 Å². The second-order valence-electron chi connectivity index (χ2n) is 10.9. The maximum absolute atomic E-state index is 14.5. The van der Waals surface area contributed by atoms with E-state index in [1.165, 1.54) is 35.2 Å². The standard InChI is InChI=1S/C35H37Cl2N3O4S/c1-4-26(3)38-35(42)33(21-27-12-6-5-7-13-27)39(23-28-14-9-8-11-25(28)2)34(41)24-40(31-16-10-15-30(37)22-31)45(43,44)32-19-17-29(36)18-20-32/h5-20,22,26,33H,4,21,23-24H2,1-3H3,(H,38,42)/t26-,33-/m0/s1. The Morgan fingerprint density at radius 1 is 0.844 bits per heavy atom. The molecule has 0 aliphatic carbocycles. The average molecular weight is 667 g/mol.